The van der Waals surface area contributed by atoms with E-state index in [2.05, 4.69) is 0 Å². The smallest absolute Gasteiger partial charge is 0.329 e. The van der Waals surface area contributed by atoms with Gasteiger partial charge in [0.15, 0.2) is 0 Å². The lowest BCUT2D eigenvalue weighted by Crippen LogP contribution is -2.56. The number of rotatable bonds is 3. The van der Waals surface area contributed by atoms with Crippen molar-refractivity contribution in [1.29, 1.82) is 0 Å². The molecule has 2 aliphatic rings. The van der Waals surface area contributed by atoms with Gasteiger partial charge in [-0.25, -0.2) is 9.59 Å². The number of amides is 3. The van der Waals surface area contributed by atoms with E-state index in [0.29, 0.717) is 45.3 Å². The average molecular weight is 283 g/mol. The Labute approximate surface area is 117 Å². The number of nitrogens with two attached hydrogens (primary N) is 1. The van der Waals surface area contributed by atoms with Crippen molar-refractivity contribution in [3.8, 4) is 0 Å². The number of urea groups is 1. The Hall–Kier alpha value is -1.79. The summed E-state index contributed by atoms with van der Waals surface area (Å²) in [7, 11) is 0. The van der Waals surface area contributed by atoms with Crippen molar-refractivity contribution in [2.45, 2.75) is 38.1 Å². The molecule has 2 atom stereocenters. The summed E-state index contributed by atoms with van der Waals surface area (Å²) >= 11 is 0. The zero-order chi connectivity index (χ0) is 14.9. The van der Waals surface area contributed by atoms with Gasteiger partial charge in [-0.3, -0.25) is 4.79 Å². The van der Waals surface area contributed by atoms with Crippen LogP contribution >= 0.6 is 0 Å². The SMILES string of the molecule is CCC1(C(=O)O)CCCN1C(=O)N1CCC(C(N)=O)C1. The van der Waals surface area contributed by atoms with Crippen LogP contribution in [0.15, 0.2) is 0 Å². The van der Waals surface area contributed by atoms with Gasteiger partial charge in [0, 0.05) is 19.6 Å². The minimum absolute atomic E-state index is 0.282. The lowest BCUT2D eigenvalue weighted by molar-refractivity contribution is -0.148. The van der Waals surface area contributed by atoms with Gasteiger partial charge in [0.25, 0.3) is 0 Å². The van der Waals surface area contributed by atoms with Crippen LogP contribution in [-0.2, 0) is 9.59 Å². The molecule has 2 rings (SSSR count). The van der Waals surface area contributed by atoms with Gasteiger partial charge < -0.3 is 20.6 Å². The number of likely N-dealkylation sites (tertiary alicyclic amines) is 2. The van der Waals surface area contributed by atoms with E-state index in [1.807, 2.05) is 0 Å². The van der Waals surface area contributed by atoms with E-state index >= 15 is 0 Å². The summed E-state index contributed by atoms with van der Waals surface area (Å²) in [4.78, 5) is 38.3. The quantitative estimate of drug-likeness (QED) is 0.774. The fraction of sp³-hybridized carbons (Fsp3) is 0.769. The summed E-state index contributed by atoms with van der Waals surface area (Å²) in [6.45, 7) is 3.00. The topological polar surface area (TPSA) is 104 Å². The second-order valence-electron chi connectivity index (χ2n) is 5.56. The van der Waals surface area contributed by atoms with Crippen LogP contribution in [0.2, 0.25) is 0 Å². The van der Waals surface area contributed by atoms with Crippen molar-refractivity contribution in [1.82, 2.24) is 9.80 Å². The number of primary amides is 1. The standard InChI is InChI=1S/C13H21N3O4/c1-2-13(11(18)19)5-3-6-16(13)12(20)15-7-4-9(8-15)10(14)17/h9H,2-8H2,1H3,(H2,14,17)(H,18,19). The number of hydrogen-bond acceptors (Lipinski definition) is 3. The number of nitrogens with zero attached hydrogens (tertiary/aromatic N) is 2. The van der Waals surface area contributed by atoms with Crippen LogP contribution in [0.5, 0.6) is 0 Å². The van der Waals surface area contributed by atoms with Gasteiger partial charge in [0.2, 0.25) is 5.91 Å². The first-order valence-electron chi connectivity index (χ1n) is 7.01. The molecule has 20 heavy (non-hydrogen) atoms. The third kappa shape index (κ3) is 2.21. The number of carboxylic acid groups (broad SMARTS) is 1. The molecule has 0 bridgehead atoms. The molecule has 0 radical (unpaired) electrons. The minimum Gasteiger partial charge on any atom is -0.479 e. The van der Waals surface area contributed by atoms with E-state index in [9.17, 15) is 19.5 Å². The molecule has 7 nitrogen and oxygen atoms in total. The molecule has 0 aliphatic carbocycles. The second kappa shape index (κ2) is 5.30. The molecule has 0 aromatic rings. The Balaban J connectivity index is 2.13. The fourth-order valence-electron chi connectivity index (χ4n) is 3.24. The molecular formula is C13H21N3O4. The van der Waals surface area contributed by atoms with Crippen LogP contribution in [0, 0.1) is 5.92 Å². The lowest BCUT2D eigenvalue weighted by Gasteiger charge is -2.36. The van der Waals surface area contributed by atoms with Crippen molar-refractivity contribution in [3.63, 3.8) is 0 Å². The maximum atomic E-state index is 12.5. The third-order valence-electron chi connectivity index (χ3n) is 4.56. The fourth-order valence-corrected chi connectivity index (χ4v) is 3.24. The van der Waals surface area contributed by atoms with Gasteiger partial charge in [0.1, 0.15) is 5.54 Å². The molecule has 3 N–H and O–H groups in total. The predicted molar refractivity (Wildman–Crippen MR) is 70.9 cm³/mol. The van der Waals surface area contributed by atoms with E-state index in [4.69, 9.17) is 5.73 Å². The molecule has 3 amide bonds. The molecule has 2 fully saturated rings. The van der Waals surface area contributed by atoms with Crippen LogP contribution in [-0.4, -0.2) is 58.0 Å². The van der Waals surface area contributed by atoms with Crippen LogP contribution < -0.4 is 5.73 Å². The number of hydrogen-bond donors (Lipinski definition) is 2. The molecule has 0 spiro atoms. The van der Waals surface area contributed by atoms with Crippen molar-refractivity contribution >= 4 is 17.9 Å². The monoisotopic (exact) mass is 283 g/mol. The van der Waals surface area contributed by atoms with Crippen LogP contribution in [0.4, 0.5) is 4.79 Å². The van der Waals surface area contributed by atoms with E-state index < -0.39 is 17.4 Å². The van der Waals surface area contributed by atoms with Gasteiger partial charge in [-0.05, 0) is 25.7 Å². The number of carbonyl (C=O) groups is 3. The number of carboxylic acids is 1. The van der Waals surface area contributed by atoms with Crippen molar-refractivity contribution < 1.29 is 19.5 Å². The van der Waals surface area contributed by atoms with Gasteiger partial charge in [0.05, 0.1) is 5.92 Å². The van der Waals surface area contributed by atoms with Crippen molar-refractivity contribution in [3.05, 3.63) is 0 Å². The summed E-state index contributed by atoms with van der Waals surface area (Å²) in [5.41, 5.74) is 4.16. The van der Waals surface area contributed by atoms with Crippen LogP contribution in [0.3, 0.4) is 0 Å². The first-order valence-corrected chi connectivity index (χ1v) is 7.01. The molecular weight excluding hydrogens is 262 g/mol. The van der Waals surface area contributed by atoms with Gasteiger partial charge in [-0.1, -0.05) is 6.92 Å². The summed E-state index contributed by atoms with van der Waals surface area (Å²) in [5.74, 6) is -1.67. The zero-order valence-electron chi connectivity index (χ0n) is 11.7. The Morgan fingerprint density at radius 2 is 2.05 bits per heavy atom. The molecule has 2 heterocycles. The number of carbonyl (C=O) groups excluding carboxylic acids is 2. The Bertz CT molecular complexity index is 439. The average Bonchev–Trinajstić information content (AvgIpc) is 3.05. The van der Waals surface area contributed by atoms with Crippen molar-refractivity contribution in [2.75, 3.05) is 19.6 Å². The number of aliphatic carboxylic acids is 1. The molecule has 2 unspecified atom stereocenters. The highest BCUT2D eigenvalue weighted by atomic mass is 16.4. The molecule has 112 valence electrons. The lowest BCUT2D eigenvalue weighted by atomic mass is 9.93. The Morgan fingerprint density at radius 3 is 2.55 bits per heavy atom. The maximum Gasteiger partial charge on any atom is 0.329 e. The highest BCUT2D eigenvalue weighted by Gasteiger charge is 2.50. The molecule has 7 heteroatoms. The second-order valence-corrected chi connectivity index (χ2v) is 5.56. The van der Waals surface area contributed by atoms with Gasteiger partial charge >= 0.3 is 12.0 Å². The molecule has 0 aromatic carbocycles. The summed E-state index contributed by atoms with van der Waals surface area (Å²) < 4.78 is 0. The Morgan fingerprint density at radius 1 is 1.35 bits per heavy atom. The van der Waals surface area contributed by atoms with Crippen LogP contribution in [0.1, 0.15) is 32.6 Å². The van der Waals surface area contributed by atoms with Crippen molar-refractivity contribution in [2.24, 2.45) is 11.7 Å². The summed E-state index contributed by atoms with van der Waals surface area (Å²) in [6.07, 6.45) is 2.12. The normalized spacial score (nSPS) is 29.8. The molecule has 0 aromatic heterocycles. The van der Waals surface area contributed by atoms with E-state index in [0.717, 1.165) is 0 Å². The molecule has 2 aliphatic heterocycles. The van der Waals surface area contributed by atoms with E-state index in [-0.39, 0.29) is 11.9 Å². The van der Waals surface area contributed by atoms with E-state index in [1.165, 1.54) is 4.90 Å². The van der Waals surface area contributed by atoms with E-state index in [1.54, 1.807) is 11.8 Å². The minimum atomic E-state index is -1.10. The first kappa shape index (κ1) is 14.6. The third-order valence-corrected chi connectivity index (χ3v) is 4.56. The van der Waals surface area contributed by atoms with Crippen LogP contribution in [0.25, 0.3) is 0 Å². The molecule has 2 saturated heterocycles. The molecule has 0 saturated carbocycles. The zero-order valence-corrected chi connectivity index (χ0v) is 11.7. The first-order chi connectivity index (χ1) is 9.42. The summed E-state index contributed by atoms with van der Waals surface area (Å²) in [6, 6.07) is -0.282. The Kier molecular flexibility index (Phi) is 3.87. The highest BCUT2D eigenvalue weighted by molar-refractivity contribution is 5.87. The predicted octanol–water partition coefficient (Wildman–Crippen LogP) is 0.243. The largest absolute Gasteiger partial charge is 0.479 e. The maximum absolute atomic E-state index is 12.5. The van der Waals surface area contributed by atoms with Gasteiger partial charge in [-0.2, -0.15) is 0 Å². The summed E-state index contributed by atoms with van der Waals surface area (Å²) in [5, 5.41) is 9.48. The highest BCUT2D eigenvalue weighted by Crippen LogP contribution is 2.34. The van der Waals surface area contributed by atoms with Gasteiger partial charge in [-0.15, -0.1) is 0 Å².